The van der Waals surface area contributed by atoms with Gasteiger partial charge < -0.3 is 4.74 Å². The number of rotatable bonds is 2. The molecule has 5 heteroatoms. The number of nitrogens with zero attached hydrogens (tertiary/aromatic N) is 2. The Balaban J connectivity index is 2.05. The fourth-order valence-corrected chi connectivity index (χ4v) is 3.32. The number of hydrogen-bond acceptors (Lipinski definition) is 4. The quantitative estimate of drug-likeness (QED) is 0.788. The van der Waals surface area contributed by atoms with E-state index >= 15 is 0 Å². The average Bonchev–Trinajstić information content (AvgIpc) is 3.08. The molecule has 134 valence electrons. The fraction of sp³-hybridized carbons (Fsp3) is 0.550. The van der Waals surface area contributed by atoms with Crippen molar-refractivity contribution >= 4 is 22.9 Å². The van der Waals surface area contributed by atoms with Gasteiger partial charge in [0.1, 0.15) is 11.4 Å². The van der Waals surface area contributed by atoms with Crippen molar-refractivity contribution in [2.24, 2.45) is 0 Å². The number of ketones is 1. The van der Waals surface area contributed by atoms with E-state index in [1.54, 1.807) is 4.57 Å². The molecule has 5 nitrogen and oxygen atoms in total. The molecule has 1 aliphatic rings. The van der Waals surface area contributed by atoms with Crippen LogP contribution < -0.4 is 0 Å². The number of hydrogen-bond donors (Lipinski definition) is 0. The Labute approximate surface area is 148 Å². The summed E-state index contributed by atoms with van der Waals surface area (Å²) in [5.41, 5.74) is 3.00. The van der Waals surface area contributed by atoms with E-state index < -0.39 is 11.7 Å². The van der Waals surface area contributed by atoms with Crippen LogP contribution in [0.15, 0.2) is 18.3 Å². The van der Waals surface area contributed by atoms with Crippen LogP contribution in [0, 0.1) is 0 Å². The topological polar surface area (TPSA) is 61.2 Å². The Kier molecular flexibility index (Phi) is 4.43. The van der Waals surface area contributed by atoms with E-state index in [0.29, 0.717) is 18.6 Å². The van der Waals surface area contributed by atoms with Gasteiger partial charge >= 0.3 is 6.09 Å². The van der Waals surface area contributed by atoms with Gasteiger partial charge in [-0.25, -0.2) is 4.79 Å². The molecule has 0 N–H and O–H groups in total. The summed E-state index contributed by atoms with van der Waals surface area (Å²) in [7, 11) is 0. The maximum atomic E-state index is 12.6. The van der Waals surface area contributed by atoms with Crippen molar-refractivity contribution in [3.05, 3.63) is 29.6 Å². The first-order valence-electron chi connectivity index (χ1n) is 8.92. The lowest BCUT2D eigenvalue weighted by atomic mass is 10.0. The number of aromatic nitrogens is 2. The van der Waals surface area contributed by atoms with Gasteiger partial charge in [-0.05, 0) is 50.8 Å². The van der Waals surface area contributed by atoms with Gasteiger partial charge in [-0.2, -0.15) is 0 Å². The summed E-state index contributed by atoms with van der Waals surface area (Å²) >= 11 is 0. The molecular weight excluding hydrogens is 316 g/mol. The third-order valence-electron chi connectivity index (χ3n) is 4.57. The van der Waals surface area contributed by atoms with Crippen molar-refractivity contribution in [1.82, 2.24) is 9.55 Å². The van der Waals surface area contributed by atoms with Gasteiger partial charge in [-0.1, -0.05) is 13.8 Å². The summed E-state index contributed by atoms with van der Waals surface area (Å²) in [6.45, 7) is 9.73. The predicted molar refractivity (Wildman–Crippen MR) is 97.1 cm³/mol. The zero-order valence-corrected chi connectivity index (χ0v) is 15.6. The molecule has 25 heavy (non-hydrogen) atoms. The largest absolute Gasteiger partial charge is 0.443 e. The molecule has 1 fully saturated rings. The van der Waals surface area contributed by atoms with Gasteiger partial charge in [-0.15, -0.1) is 0 Å². The third-order valence-corrected chi connectivity index (χ3v) is 4.57. The molecule has 0 bridgehead atoms. The second kappa shape index (κ2) is 6.28. The van der Waals surface area contributed by atoms with Gasteiger partial charge in [0.2, 0.25) is 0 Å². The Morgan fingerprint density at radius 1 is 1.32 bits per heavy atom. The first-order valence-corrected chi connectivity index (χ1v) is 8.92. The molecule has 2 heterocycles. The Morgan fingerprint density at radius 2 is 2.04 bits per heavy atom. The van der Waals surface area contributed by atoms with Gasteiger partial charge in [0.15, 0.2) is 0 Å². The van der Waals surface area contributed by atoms with Crippen LogP contribution in [-0.4, -0.2) is 27.0 Å². The number of fused-ring (bicyclic) bond motifs is 1. The summed E-state index contributed by atoms with van der Waals surface area (Å²) in [6.07, 6.45) is 3.51. The first kappa shape index (κ1) is 17.6. The molecule has 1 unspecified atom stereocenters. The average molecular weight is 342 g/mol. The Morgan fingerprint density at radius 3 is 2.60 bits per heavy atom. The molecule has 0 aliphatic heterocycles. The maximum Gasteiger partial charge on any atom is 0.419 e. The van der Waals surface area contributed by atoms with Crippen molar-refractivity contribution in [3.63, 3.8) is 0 Å². The number of carbonyl (C=O) groups excluding carboxylic acids is 2. The SMILES string of the molecule is CC(C)c1cn(C(=O)OC(C)(C)C)c2ccc(C3CCC(=O)C3)nc12. The van der Waals surface area contributed by atoms with E-state index in [2.05, 4.69) is 13.8 Å². The minimum absolute atomic E-state index is 0.196. The standard InChI is InChI=1S/C20H26N2O3/c1-12(2)15-11-22(19(24)25-20(3,4)5)17-9-8-16(21-18(15)17)13-6-7-14(23)10-13/h8-9,11-13H,6-7,10H2,1-5H3. The van der Waals surface area contributed by atoms with E-state index in [9.17, 15) is 9.59 Å². The van der Waals surface area contributed by atoms with Gasteiger partial charge in [0, 0.05) is 30.7 Å². The lowest BCUT2D eigenvalue weighted by Crippen LogP contribution is -2.26. The molecule has 0 aromatic carbocycles. The monoisotopic (exact) mass is 342 g/mol. The second-order valence-electron chi connectivity index (χ2n) is 8.17. The fourth-order valence-electron chi connectivity index (χ4n) is 3.32. The number of Topliss-reactive ketones (excluding diaryl/α,β-unsaturated/α-hetero) is 1. The molecule has 0 saturated heterocycles. The molecule has 2 aromatic heterocycles. The summed E-state index contributed by atoms with van der Waals surface area (Å²) in [5, 5.41) is 0. The molecule has 0 amide bonds. The highest BCUT2D eigenvalue weighted by Gasteiger charge is 2.27. The molecule has 0 radical (unpaired) electrons. The summed E-state index contributed by atoms with van der Waals surface area (Å²) in [5.74, 6) is 0.739. The predicted octanol–water partition coefficient (Wildman–Crippen LogP) is 4.78. The summed E-state index contributed by atoms with van der Waals surface area (Å²) in [6, 6.07) is 3.87. The highest BCUT2D eigenvalue weighted by Crippen LogP contribution is 2.34. The minimum Gasteiger partial charge on any atom is -0.443 e. The van der Waals surface area contributed by atoms with E-state index in [1.165, 1.54) is 0 Å². The van der Waals surface area contributed by atoms with E-state index in [-0.39, 0.29) is 11.8 Å². The second-order valence-corrected chi connectivity index (χ2v) is 8.17. The van der Waals surface area contributed by atoms with Crippen molar-refractivity contribution in [1.29, 1.82) is 0 Å². The Bertz CT molecular complexity index is 827. The van der Waals surface area contributed by atoms with Crippen molar-refractivity contribution in [2.75, 3.05) is 0 Å². The van der Waals surface area contributed by atoms with Gasteiger partial charge in [-0.3, -0.25) is 14.3 Å². The van der Waals surface area contributed by atoms with Crippen molar-refractivity contribution < 1.29 is 14.3 Å². The number of pyridine rings is 1. The van der Waals surface area contributed by atoms with Crippen molar-refractivity contribution in [3.8, 4) is 0 Å². The van der Waals surface area contributed by atoms with Crippen LogP contribution in [0.4, 0.5) is 4.79 Å². The lowest BCUT2D eigenvalue weighted by molar-refractivity contribution is -0.117. The van der Waals surface area contributed by atoms with Crippen molar-refractivity contribution in [2.45, 2.75) is 71.3 Å². The highest BCUT2D eigenvalue weighted by atomic mass is 16.6. The normalized spacial score (nSPS) is 18.3. The molecule has 1 saturated carbocycles. The third kappa shape index (κ3) is 3.60. The van der Waals surface area contributed by atoms with E-state index in [1.807, 2.05) is 39.1 Å². The molecule has 2 aromatic rings. The highest BCUT2D eigenvalue weighted by molar-refractivity contribution is 5.90. The van der Waals surface area contributed by atoms with E-state index in [0.717, 1.165) is 28.7 Å². The molecule has 0 spiro atoms. The minimum atomic E-state index is -0.552. The summed E-state index contributed by atoms with van der Waals surface area (Å²) in [4.78, 5) is 29.0. The number of carbonyl (C=O) groups is 2. The molecular formula is C20H26N2O3. The molecule has 3 rings (SSSR count). The lowest BCUT2D eigenvalue weighted by Gasteiger charge is -2.19. The van der Waals surface area contributed by atoms with E-state index in [4.69, 9.17) is 9.72 Å². The molecule has 1 aliphatic carbocycles. The van der Waals surface area contributed by atoms with Crippen LogP contribution in [0.5, 0.6) is 0 Å². The van der Waals surface area contributed by atoms with Crippen LogP contribution in [0.25, 0.3) is 11.0 Å². The van der Waals surface area contributed by atoms with Gasteiger partial charge in [0.05, 0.1) is 11.0 Å². The van der Waals surface area contributed by atoms with Crippen LogP contribution in [0.2, 0.25) is 0 Å². The van der Waals surface area contributed by atoms with Crippen LogP contribution in [0.1, 0.15) is 77.0 Å². The zero-order chi connectivity index (χ0) is 18.4. The zero-order valence-electron chi connectivity index (χ0n) is 15.6. The van der Waals surface area contributed by atoms with Gasteiger partial charge in [0.25, 0.3) is 0 Å². The van der Waals surface area contributed by atoms with Crippen LogP contribution in [-0.2, 0) is 9.53 Å². The molecule has 1 atom stereocenters. The van der Waals surface area contributed by atoms with Crippen LogP contribution in [0.3, 0.4) is 0 Å². The first-order chi connectivity index (χ1) is 11.7. The maximum absolute atomic E-state index is 12.6. The Hall–Kier alpha value is -2.17. The smallest absolute Gasteiger partial charge is 0.419 e. The summed E-state index contributed by atoms with van der Waals surface area (Å²) < 4.78 is 7.07. The van der Waals surface area contributed by atoms with Crippen LogP contribution >= 0.6 is 0 Å². The number of ether oxygens (including phenoxy) is 1.